The molecule has 86 valence electrons. The van der Waals surface area contributed by atoms with E-state index in [2.05, 4.69) is 4.98 Å². The minimum Gasteiger partial charge on any atom is -0.508 e. The number of aromatic nitrogens is 1. The summed E-state index contributed by atoms with van der Waals surface area (Å²) >= 11 is 0. The van der Waals surface area contributed by atoms with Crippen LogP contribution < -0.4 is 0 Å². The molecule has 1 aromatic carbocycles. The standard InChI is InChI=1S/C10H11NO2.HNO2/c12-4-3-7-6-11-10-2-1-8(13)5-9(7)10;2-1-3/h1-2,5-6,11-13H,3-4H2;(H,2,3). The van der Waals surface area contributed by atoms with Crippen LogP contribution in [0.4, 0.5) is 0 Å². The van der Waals surface area contributed by atoms with Gasteiger partial charge in [0.15, 0.2) is 5.34 Å². The van der Waals surface area contributed by atoms with Crippen LogP contribution in [0.25, 0.3) is 10.9 Å². The summed E-state index contributed by atoms with van der Waals surface area (Å²) < 4.78 is 0. The molecule has 6 nitrogen and oxygen atoms in total. The molecule has 0 saturated carbocycles. The van der Waals surface area contributed by atoms with Gasteiger partial charge in [0.05, 0.1) is 0 Å². The molecule has 0 aliphatic rings. The minimum atomic E-state index is 0.128. The molecular weight excluding hydrogens is 212 g/mol. The summed E-state index contributed by atoms with van der Waals surface area (Å²) in [6.07, 6.45) is 2.48. The fourth-order valence-corrected chi connectivity index (χ4v) is 1.49. The number of hydrogen-bond acceptors (Lipinski definition) is 4. The van der Waals surface area contributed by atoms with Crippen molar-refractivity contribution in [1.82, 2.24) is 4.98 Å². The van der Waals surface area contributed by atoms with Crippen LogP contribution in [0, 0.1) is 4.91 Å². The molecule has 0 atom stereocenters. The van der Waals surface area contributed by atoms with E-state index in [1.165, 1.54) is 5.34 Å². The molecule has 16 heavy (non-hydrogen) atoms. The zero-order valence-electron chi connectivity index (χ0n) is 8.42. The number of nitrogens with zero attached hydrogens (tertiary/aromatic N) is 1. The number of aromatic hydroxyl groups is 1. The predicted octanol–water partition coefficient (Wildman–Crippen LogP) is 1.55. The Bertz CT molecular complexity index is 467. The molecule has 1 heterocycles. The normalized spacial score (nSPS) is 9.56. The molecule has 4 N–H and O–H groups in total. The van der Waals surface area contributed by atoms with E-state index in [0.717, 1.165) is 16.5 Å². The van der Waals surface area contributed by atoms with Crippen LogP contribution in [0.1, 0.15) is 5.56 Å². The Morgan fingerprint density at radius 3 is 2.69 bits per heavy atom. The highest BCUT2D eigenvalue weighted by atomic mass is 16.6. The van der Waals surface area contributed by atoms with Gasteiger partial charge in [0.2, 0.25) is 0 Å². The van der Waals surface area contributed by atoms with E-state index < -0.39 is 0 Å². The summed E-state index contributed by atoms with van der Waals surface area (Å²) in [5.41, 5.74) is 2.02. The number of fused-ring (bicyclic) bond motifs is 1. The molecule has 0 spiro atoms. The first-order valence-electron chi connectivity index (χ1n) is 4.59. The fraction of sp³-hybridized carbons (Fsp3) is 0.200. The maximum atomic E-state index is 9.26. The number of hydrogen-bond donors (Lipinski definition) is 4. The number of phenolic OH excluding ortho intramolecular Hbond substituents is 1. The highest BCUT2D eigenvalue weighted by molar-refractivity contribution is 5.84. The summed E-state index contributed by atoms with van der Waals surface area (Å²) in [6, 6.07) is 5.17. The minimum absolute atomic E-state index is 0.128. The van der Waals surface area contributed by atoms with Crippen LogP contribution in [0.3, 0.4) is 0 Å². The summed E-state index contributed by atoms with van der Waals surface area (Å²) in [6.45, 7) is 0.128. The highest BCUT2D eigenvalue weighted by Gasteiger charge is 2.02. The smallest absolute Gasteiger partial charge is 0.152 e. The van der Waals surface area contributed by atoms with Crippen molar-refractivity contribution < 1.29 is 15.4 Å². The quantitative estimate of drug-likeness (QED) is 0.458. The lowest BCUT2D eigenvalue weighted by Crippen LogP contribution is -1.87. The van der Waals surface area contributed by atoms with Gasteiger partial charge in [-0.3, -0.25) is 0 Å². The predicted molar refractivity (Wildman–Crippen MR) is 58.3 cm³/mol. The Morgan fingerprint density at radius 1 is 1.38 bits per heavy atom. The topological polar surface area (TPSA) is 106 Å². The Balaban J connectivity index is 0.000000386. The molecule has 0 unspecified atom stereocenters. The van der Waals surface area contributed by atoms with Gasteiger partial charge in [0, 0.05) is 23.7 Å². The second-order valence-corrected chi connectivity index (χ2v) is 3.10. The van der Waals surface area contributed by atoms with Gasteiger partial charge in [0.25, 0.3) is 0 Å². The average Bonchev–Trinajstić information content (AvgIpc) is 2.63. The van der Waals surface area contributed by atoms with E-state index in [9.17, 15) is 5.11 Å². The van der Waals surface area contributed by atoms with Gasteiger partial charge in [-0.25, -0.2) is 0 Å². The monoisotopic (exact) mass is 224 g/mol. The van der Waals surface area contributed by atoms with Crippen molar-refractivity contribution in [2.75, 3.05) is 6.61 Å². The van der Waals surface area contributed by atoms with Crippen molar-refractivity contribution in [3.8, 4) is 5.75 Å². The number of rotatable bonds is 2. The highest BCUT2D eigenvalue weighted by Crippen LogP contribution is 2.22. The summed E-state index contributed by atoms with van der Waals surface area (Å²) in [5, 5.41) is 26.9. The molecular formula is C10H12N2O4. The third-order valence-electron chi connectivity index (χ3n) is 2.13. The second kappa shape index (κ2) is 5.72. The van der Waals surface area contributed by atoms with E-state index in [-0.39, 0.29) is 12.4 Å². The van der Waals surface area contributed by atoms with Gasteiger partial charge in [-0.2, -0.15) is 0 Å². The second-order valence-electron chi connectivity index (χ2n) is 3.10. The van der Waals surface area contributed by atoms with Crippen molar-refractivity contribution in [3.63, 3.8) is 0 Å². The van der Waals surface area contributed by atoms with Crippen molar-refractivity contribution in [3.05, 3.63) is 34.9 Å². The number of aliphatic hydroxyl groups is 1. The van der Waals surface area contributed by atoms with Crippen molar-refractivity contribution in [2.45, 2.75) is 6.42 Å². The molecule has 0 saturated heterocycles. The van der Waals surface area contributed by atoms with Crippen LogP contribution in [0.15, 0.2) is 29.7 Å². The van der Waals surface area contributed by atoms with Gasteiger partial charge in [-0.1, -0.05) is 0 Å². The van der Waals surface area contributed by atoms with E-state index in [0.29, 0.717) is 6.42 Å². The third-order valence-corrected chi connectivity index (χ3v) is 2.13. The number of benzene rings is 1. The summed E-state index contributed by atoms with van der Waals surface area (Å²) in [4.78, 5) is 11.2. The van der Waals surface area contributed by atoms with Crippen LogP contribution in [0.5, 0.6) is 5.75 Å². The molecule has 0 bridgehead atoms. The molecule has 1 aromatic heterocycles. The number of aliphatic hydroxyl groups excluding tert-OH is 1. The summed E-state index contributed by atoms with van der Waals surface area (Å²) in [7, 11) is 0. The Hall–Kier alpha value is -2.08. The van der Waals surface area contributed by atoms with Crippen LogP contribution >= 0.6 is 0 Å². The van der Waals surface area contributed by atoms with Crippen molar-refractivity contribution in [1.29, 1.82) is 0 Å². The van der Waals surface area contributed by atoms with Gasteiger partial charge in [0.1, 0.15) is 5.75 Å². The van der Waals surface area contributed by atoms with Crippen molar-refractivity contribution in [2.24, 2.45) is 5.34 Å². The number of H-pyrrole nitrogens is 1. The van der Waals surface area contributed by atoms with Crippen LogP contribution in [0.2, 0.25) is 0 Å². The van der Waals surface area contributed by atoms with E-state index in [1.807, 2.05) is 12.3 Å². The first kappa shape index (κ1) is 12.0. The molecule has 0 amide bonds. The first-order valence-corrected chi connectivity index (χ1v) is 4.59. The SMILES string of the molecule is O=NO.OCCc1c[nH]c2ccc(O)cc12. The Labute approximate surface area is 91.1 Å². The zero-order chi connectivity index (χ0) is 12.0. The largest absolute Gasteiger partial charge is 0.508 e. The van der Waals surface area contributed by atoms with Crippen LogP contribution in [-0.4, -0.2) is 27.0 Å². The molecule has 0 aliphatic carbocycles. The molecule has 2 aromatic rings. The van der Waals surface area contributed by atoms with E-state index in [1.54, 1.807) is 12.1 Å². The molecule has 2 rings (SSSR count). The number of aromatic amines is 1. The maximum absolute atomic E-state index is 9.26. The fourth-order valence-electron chi connectivity index (χ4n) is 1.49. The van der Waals surface area contributed by atoms with E-state index >= 15 is 0 Å². The lowest BCUT2D eigenvalue weighted by molar-refractivity contribution is 0.300. The lowest BCUT2D eigenvalue weighted by Gasteiger charge is -1.96. The number of nitrogens with one attached hydrogen (secondary N) is 1. The van der Waals surface area contributed by atoms with Crippen molar-refractivity contribution >= 4 is 10.9 Å². The van der Waals surface area contributed by atoms with Gasteiger partial charge < -0.3 is 20.4 Å². The lowest BCUT2D eigenvalue weighted by atomic mass is 10.1. The van der Waals surface area contributed by atoms with Crippen LogP contribution in [-0.2, 0) is 6.42 Å². The number of phenols is 1. The van der Waals surface area contributed by atoms with E-state index in [4.69, 9.17) is 15.2 Å². The summed E-state index contributed by atoms with van der Waals surface area (Å²) in [5.74, 6) is 0.256. The Morgan fingerprint density at radius 2 is 2.06 bits per heavy atom. The molecule has 0 aliphatic heterocycles. The zero-order valence-corrected chi connectivity index (χ0v) is 8.42. The molecule has 0 radical (unpaired) electrons. The van der Waals surface area contributed by atoms with Gasteiger partial charge in [-0.05, 0) is 30.2 Å². The maximum Gasteiger partial charge on any atom is 0.152 e. The third kappa shape index (κ3) is 2.71. The van der Waals surface area contributed by atoms with Gasteiger partial charge in [-0.15, -0.1) is 4.91 Å². The first-order chi connectivity index (χ1) is 7.72. The molecule has 0 fully saturated rings. The Kier molecular flexibility index (Phi) is 4.28. The van der Waals surface area contributed by atoms with Gasteiger partial charge >= 0.3 is 0 Å². The average molecular weight is 224 g/mol. The molecule has 6 heteroatoms.